The zero-order valence-electron chi connectivity index (χ0n) is 17.1. The second-order valence-corrected chi connectivity index (χ2v) is 7.14. The number of hydrogen-bond donors (Lipinski definition) is 1. The number of hydrogen-bond acceptors (Lipinski definition) is 6. The van der Waals surface area contributed by atoms with E-state index in [9.17, 15) is 35.9 Å². The summed E-state index contributed by atoms with van der Waals surface area (Å²) in [4.78, 5) is 25.4. The molecule has 1 aliphatic heterocycles. The van der Waals surface area contributed by atoms with Crippen LogP contribution in [0.4, 0.5) is 31.1 Å². The number of carbonyl (C=O) groups is 2. The summed E-state index contributed by atoms with van der Waals surface area (Å²) >= 11 is 0. The summed E-state index contributed by atoms with van der Waals surface area (Å²) in [5.74, 6) is -1.09. The Morgan fingerprint density at radius 2 is 1.70 bits per heavy atom. The fourth-order valence-corrected chi connectivity index (χ4v) is 2.93. The van der Waals surface area contributed by atoms with Gasteiger partial charge < -0.3 is 19.5 Å². The second kappa shape index (κ2) is 10.2. The molecule has 1 unspecified atom stereocenters. The molecule has 8 nitrogen and oxygen atoms in total. The summed E-state index contributed by atoms with van der Waals surface area (Å²) in [6.07, 6.45) is -18.7. The number of carboxylic acids is 1. The minimum absolute atomic E-state index is 0.0890. The molecule has 1 atom stereocenters. The van der Waals surface area contributed by atoms with E-state index in [1.807, 2.05) is 6.07 Å². The van der Waals surface area contributed by atoms with Crippen molar-refractivity contribution in [2.75, 3.05) is 26.2 Å². The number of piperazine rings is 1. The van der Waals surface area contributed by atoms with Gasteiger partial charge in [0.1, 0.15) is 5.75 Å². The Bertz CT molecular complexity index is 893. The van der Waals surface area contributed by atoms with Crippen LogP contribution < -0.4 is 4.74 Å². The second-order valence-electron chi connectivity index (χ2n) is 7.14. The number of carboxylic acid groups (broad SMARTS) is 1. The first-order valence-electron chi connectivity index (χ1n) is 9.46. The molecule has 0 saturated carbocycles. The molecule has 2 rings (SSSR count). The first-order valence-corrected chi connectivity index (χ1v) is 9.46. The van der Waals surface area contributed by atoms with Gasteiger partial charge in [0.2, 0.25) is 0 Å². The number of nitrogens with zero attached hydrogens (tertiary/aromatic N) is 3. The standard InChI is InChI=1S/C19H19F6N3O5/c1-11(15(29)30)32-14-8-12(9-26)2-3-13(14)10-27-4-6-28(7-5-27)17(31)33-16(18(20,21)22)19(23,24)25/h2-3,8,11,16H,4-7,10H2,1H3,(H,29,30). The van der Waals surface area contributed by atoms with Gasteiger partial charge in [0.05, 0.1) is 11.6 Å². The molecule has 0 bridgehead atoms. The van der Waals surface area contributed by atoms with Gasteiger partial charge in [-0.15, -0.1) is 0 Å². The van der Waals surface area contributed by atoms with Crippen LogP contribution in [-0.4, -0.2) is 77.7 Å². The molecule has 1 amide bonds. The maximum Gasteiger partial charge on any atom is 0.434 e. The van der Waals surface area contributed by atoms with Crippen LogP contribution in [0.25, 0.3) is 0 Å². The van der Waals surface area contributed by atoms with Gasteiger partial charge in [0, 0.05) is 38.3 Å². The number of halogens is 6. The van der Waals surface area contributed by atoms with Gasteiger partial charge in [0.15, 0.2) is 6.10 Å². The van der Waals surface area contributed by atoms with Crippen LogP contribution in [0.2, 0.25) is 0 Å². The first kappa shape index (κ1) is 26.0. The maximum atomic E-state index is 12.6. The SMILES string of the molecule is CC(Oc1cc(C#N)ccc1CN1CCN(C(=O)OC(C(F)(F)F)C(F)(F)F)CC1)C(=O)O. The van der Waals surface area contributed by atoms with Crippen molar-refractivity contribution >= 4 is 12.1 Å². The molecule has 0 spiro atoms. The van der Waals surface area contributed by atoms with Gasteiger partial charge in [-0.05, 0) is 19.1 Å². The lowest BCUT2D eigenvalue weighted by molar-refractivity contribution is -0.308. The maximum absolute atomic E-state index is 12.6. The predicted molar refractivity (Wildman–Crippen MR) is 98.1 cm³/mol. The van der Waals surface area contributed by atoms with Crippen LogP contribution in [0.15, 0.2) is 18.2 Å². The molecule has 0 aliphatic carbocycles. The van der Waals surface area contributed by atoms with E-state index < -0.39 is 36.6 Å². The van der Waals surface area contributed by atoms with E-state index >= 15 is 0 Å². The van der Waals surface area contributed by atoms with Crippen molar-refractivity contribution in [3.05, 3.63) is 29.3 Å². The topological polar surface area (TPSA) is 103 Å². The average molecular weight is 483 g/mol. The van der Waals surface area contributed by atoms with E-state index in [4.69, 9.17) is 15.1 Å². The lowest BCUT2D eigenvalue weighted by Crippen LogP contribution is -2.52. The Kier molecular flexibility index (Phi) is 8.02. The fraction of sp³-hybridized carbons (Fsp3) is 0.526. The molecule has 1 aliphatic rings. The smallest absolute Gasteiger partial charge is 0.434 e. The molecule has 1 heterocycles. The van der Waals surface area contributed by atoms with Gasteiger partial charge in [-0.3, -0.25) is 4.90 Å². The number of benzene rings is 1. The molecule has 1 aromatic carbocycles. The predicted octanol–water partition coefficient (Wildman–Crippen LogP) is 3.16. The number of nitriles is 1. The van der Waals surface area contributed by atoms with Crippen LogP contribution in [0, 0.1) is 11.3 Å². The number of alkyl halides is 6. The van der Waals surface area contributed by atoms with Crippen LogP contribution in [-0.2, 0) is 16.1 Å². The fourth-order valence-electron chi connectivity index (χ4n) is 2.93. The Morgan fingerprint density at radius 1 is 1.12 bits per heavy atom. The molecule has 1 aromatic rings. The minimum atomic E-state index is -5.80. The molecule has 1 N–H and O–H groups in total. The van der Waals surface area contributed by atoms with Gasteiger partial charge >= 0.3 is 24.4 Å². The van der Waals surface area contributed by atoms with Crippen molar-refractivity contribution in [3.63, 3.8) is 0 Å². The molecule has 14 heteroatoms. The van der Waals surface area contributed by atoms with Crippen molar-refractivity contribution in [3.8, 4) is 11.8 Å². The third-order valence-electron chi connectivity index (χ3n) is 4.69. The van der Waals surface area contributed by atoms with E-state index in [2.05, 4.69) is 4.74 Å². The van der Waals surface area contributed by atoms with Gasteiger partial charge in [0.25, 0.3) is 6.10 Å². The van der Waals surface area contributed by atoms with E-state index in [0.29, 0.717) is 5.56 Å². The zero-order valence-corrected chi connectivity index (χ0v) is 17.1. The Balaban J connectivity index is 2.02. The number of rotatable bonds is 6. The molecular weight excluding hydrogens is 464 g/mol. The van der Waals surface area contributed by atoms with E-state index in [1.165, 1.54) is 19.1 Å². The summed E-state index contributed by atoms with van der Waals surface area (Å²) < 4.78 is 84.6. The van der Waals surface area contributed by atoms with Crippen LogP contribution in [0.3, 0.4) is 0 Å². The monoisotopic (exact) mass is 483 g/mol. The number of amides is 1. The molecule has 1 fully saturated rings. The third kappa shape index (κ3) is 7.14. The molecule has 0 aromatic heterocycles. The van der Waals surface area contributed by atoms with Gasteiger partial charge in [-0.25, -0.2) is 9.59 Å². The Labute approximate surface area is 183 Å². The van der Waals surface area contributed by atoms with Gasteiger partial charge in [-0.1, -0.05) is 6.07 Å². The van der Waals surface area contributed by atoms with E-state index in [0.717, 1.165) is 4.90 Å². The number of carbonyl (C=O) groups excluding carboxylic acids is 1. The summed E-state index contributed by atoms with van der Waals surface area (Å²) in [6, 6.07) is 6.28. The number of aliphatic carboxylic acids is 1. The minimum Gasteiger partial charge on any atom is -0.479 e. The van der Waals surface area contributed by atoms with E-state index in [1.54, 1.807) is 11.0 Å². The van der Waals surface area contributed by atoms with Gasteiger partial charge in [-0.2, -0.15) is 31.6 Å². The largest absolute Gasteiger partial charge is 0.479 e. The Morgan fingerprint density at radius 3 is 2.18 bits per heavy atom. The van der Waals surface area contributed by atoms with Crippen molar-refractivity contribution in [2.45, 2.75) is 38.0 Å². The van der Waals surface area contributed by atoms with Crippen molar-refractivity contribution in [1.29, 1.82) is 5.26 Å². The summed E-state index contributed by atoms with van der Waals surface area (Å²) in [5.41, 5.74) is 0.732. The lowest BCUT2D eigenvalue weighted by atomic mass is 10.1. The quantitative estimate of drug-likeness (QED) is 0.620. The van der Waals surface area contributed by atoms with Crippen molar-refractivity contribution in [2.24, 2.45) is 0 Å². The van der Waals surface area contributed by atoms with Crippen molar-refractivity contribution in [1.82, 2.24) is 9.80 Å². The highest BCUT2D eigenvalue weighted by molar-refractivity contribution is 5.72. The molecule has 0 radical (unpaired) electrons. The number of ether oxygens (including phenoxy) is 2. The lowest BCUT2D eigenvalue weighted by Gasteiger charge is -2.35. The highest BCUT2D eigenvalue weighted by atomic mass is 19.4. The molecule has 182 valence electrons. The molecular formula is C19H19F6N3O5. The third-order valence-corrected chi connectivity index (χ3v) is 4.69. The average Bonchev–Trinajstić information content (AvgIpc) is 2.71. The summed E-state index contributed by atoms with van der Waals surface area (Å²) in [7, 11) is 0. The van der Waals surface area contributed by atoms with Crippen molar-refractivity contribution < 1.29 is 50.5 Å². The normalized spacial score (nSPS) is 16.3. The summed E-state index contributed by atoms with van der Waals surface area (Å²) in [5, 5.41) is 18.1. The first-order chi connectivity index (χ1) is 15.2. The highest BCUT2D eigenvalue weighted by Crippen LogP contribution is 2.36. The zero-order chi connectivity index (χ0) is 25.0. The highest BCUT2D eigenvalue weighted by Gasteiger charge is 2.60. The van der Waals surface area contributed by atoms with Crippen LogP contribution in [0.5, 0.6) is 5.75 Å². The summed E-state index contributed by atoms with van der Waals surface area (Å²) in [6.45, 7) is 1.25. The molecule has 33 heavy (non-hydrogen) atoms. The van der Waals surface area contributed by atoms with Crippen LogP contribution >= 0.6 is 0 Å². The van der Waals surface area contributed by atoms with Crippen LogP contribution in [0.1, 0.15) is 18.1 Å². The van der Waals surface area contributed by atoms with E-state index in [-0.39, 0.29) is 44.0 Å². The molecule has 1 saturated heterocycles. The Hall–Kier alpha value is -3.21.